The number of ether oxygens (including phenoxy) is 1. The quantitative estimate of drug-likeness (QED) is 0.619. The third-order valence-corrected chi connectivity index (χ3v) is 3.51. The maximum absolute atomic E-state index is 11.9. The van der Waals surface area contributed by atoms with Crippen LogP contribution in [0.25, 0.3) is 0 Å². The minimum Gasteiger partial charge on any atom is -0.503 e. The highest BCUT2D eigenvalue weighted by Crippen LogP contribution is 2.34. The summed E-state index contributed by atoms with van der Waals surface area (Å²) in [6, 6.07) is 6.73. The lowest BCUT2D eigenvalue weighted by atomic mass is 10.2. The highest BCUT2D eigenvalue weighted by atomic mass is 79.9. The molecule has 0 saturated heterocycles. The zero-order chi connectivity index (χ0) is 16.8. The van der Waals surface area contributed by atoms with E-state index in [1.165, 1.54) is 12.4 Å². The van der Waals surface area contributed by atoms with E-state index in [1.54, 1.807) is 24.3 Å². The fourth-order valence-corrected chi connectivity index (χ4v) is 2.23. The summed E-state index contributed by atoms with van der Waals surface area (Å²) in [4.78, 5) is 16.0. The van der Waals surface area contributed by atoms with E-state index in [0.29, 0.717) is 28.0 Å². The van der Waals surface area contributed by atoms with Crippen molar-refractivity contribution in [1.82, 2.24) is 10.4 Å². The number of halogens is 1. The Kier molecular flexibility index (Phi) is 5.70. The molecule has 2 N–H and O–H groups in total. The summed E-state index contributed by atoms with van der Waals surface area (Å²) in [6.45, 7) is 4.10. The van der Waals surface area contributed by atoms with Crippen LogP contribution in [0.4, 0.5) is 0 Å². The molecule has 1 amide bonds. The lowest BCUT2D eigenvalue weighted by Gasteiger charge is -2.08. The number of amides is 1. The second-order valence-corrected chi connectivity index (χ2v) is 5.52. The fourth-order valence-electron chi connectivity index (χ4n) is 1.77. The number of carbonyl (C=O) groups is 1. The molecule has 1 heterocycles. The minimum atomic E-state index is -0.350. The summed E-state index contributed by atoms with van der Waals surface area (Å²) in [5.41, 5.74) is 4.35. The third-order valence-electron chi connectivity index (χ3n) is 2.90. The molecule has 0 atom stereocenters. The van der Waals surface area contributed by atoms with Crippen molar-refractivity contribution in [2.24, 2.45) is 5.10 Å². The predicted molar refractivity (Wildman–Crippen MR) is 91.0 cm³/mol. The van der Waals surface area contributed by atoms with Gasteiger partial charge in [-0.3, -0.25) is 9.78 Å². The number of aromatic hydroxyl groups is 1. The third kappa shape index (κ3) is 4.53. The number of phenols is 1. The number of aryl methyl sites for hydroxylation is 1. The molecule has 0 aliphatic heterocycles. The second-order valence-electron chi connectivity index (χ2n) is 4.67. The van der Waals surface area contributed by atoms with Gasteiger partial charge >= 0.3 is 0 Å². The first-order valence-corrected chi connectivity index (χ1v) is 7.72. The Morgan fingerprint density at radius 2 is 2.26 bits per heavy atom. The van der Waals surface area contributed by atoms with Crippen LogP contribution in [0, 0.1) is 6.92 Å². The van der Waals surface area contributed by atoms with Crippen molar-refractivity contribution in [1.29, 1.82) is 0 Å². The predicted octanol–water partition coefficient (Wildman–Crippen LogP) is 3.02. The number of benzene rings is 1. The standard InChI is InChI=1S/C16H16BrN3O3/c1-3-23-14-7-11(6-13(17)15(14)21)8-19-20-16(22)12-5-4-10(2)18-9-12/h4-9,21H,3H2,1-2H3,(H,20,22)/b19-8-. The van der Waals surface area contributed by atoms with E-state index < -0.39 is 0 Å². The van der Waals surface area contributed by atoms with Gasteiger partial charge in [0, 0.05) is 11.9 Å². The molecule has 1 aromatic heterocycles. The number of aromatic nitrogens is 1. The normalized spacial score (nSPS) is 10.7. The van der Waals surface area contributed by atoms with Gasteiger partial charge in [0.25, 0.3) is 5.91 Å². The van der Waals surface area contributed by atoms with Gasteiger partial charge in [-0.05, 0) is 59.6 Å². The number of hydrogen-bond donors (Lipinski definition) is 2. The van der Waals surface area contributed by atoms with Gasteiger partial charge in [-0.25, -0.2) is 5.43 Å². The molecule has 0 fully saturated rings. The number of nitrogens with one attached hydrogen (secondary N) is 1. The van der Waals surface area contributed by atoms with E-state index in [4.69, 9.17) is 4.74 Å². The molecule has 2 rings (SSSR count). The highest BCUT2D eigenvalue weighted by molar-refractivity contribution is 9.10. The summed E-state index contributed by atoms with van der Waals surface area (Å²) >= 11 is 3.24. The maximum Gasteiger partial charge on any atom is 0.272 e. The minimum absolute atomic E-state index is 0.0266. The smallest absolute Gasteiger partial charge is 0.272 e. The molecule has 0 aliphatic rings. The van der Waals surface area contributed by atoms with Crippen LogP contribution in [-0.4, -0.2) is 28.8 Å². The summed E-state index contributed by atoms with van der Waals surface area (Å²) in [6.07, 6.45) is 2.96. The number of hydrogen-bond acceptors (Lipinski definition) is 5. The van der Waals surface area contributed by atoms with Gasteiger partial charge < -0.3 is 9.84 Å². The Bertz CT molecular complexity index is 730. The Hall–Kier alpha value is -2.41. The van der Waals surface area contributed by atoms with E-state index in [1.807, 2.05) is 13.8 Å². The molecular formula is C16H16BrN3O3. The Balaban J connectivity index is 2.08. The Labute approximate surface area is 142 Å². The fraction of sp³-hybridized carbons (Fsp3) is 0.188. The maximum atomic E-state index is 11.9. The summed E-state index contributed by atoms with van der Waals surface area (Å²) in [7, 11) is 0. The van der Waals surface area contributed by atoms with Gasteiger partial charge in [-0.15, -0.1) is 0 Å². The molecule has 0 aliphatic carbocycles. The molecule has 1 aromatic carbocycles. The van der Waals surface area contributed by atoms with Crippen LogP contribution in [0.1, 0.15) is 28.5 Å². The van der Waals surface area contributed by atoms with Crippen molar-refractivity contribution in [3.05, 3.63) is 51.8 Å². The Morgan fingerprint density at radius 1 is 1.48 bits per heavy atom. The lowest BCUT2D eigenvalue weighted by molar-refractivity contribution is 0.0955. The number of hydrazone groups is 1. The van der Waals surface area contributed by atoms with E-state index in [2.05, 4.69) is 31.4 Å². The topological polar surface area (TPSA) is 83.8 Å². The highest BCUT2D eigenvalue weighted by Gasteiger charge is 2.08. The van der Waals surface area contributed by atoms with Gasteiger partial charge in [0.2, 0.25) is 0 Å². The summed E-state index contributed by atoms with van der Waals surface area (Å²) in [5, 5.41) is 13.7. The van der Waals surface area contributed by atoms with Crippen LogP contribution in [0.15, 0.2) is 40.0 Å². The molecular weight excluding hydrogens is 362 g/mol. The van der Waals surface area contributed by atoms with E-state index >= 15 is 0 Å². The molecule has 0 saturated carbocycles. The van der Waals surface area contributed by atoms with Crippen molar-refractivity contribution < 1.29 is 14.6 Å². The van der Waals surface area contributed by atoms with Crippen molar-refractivity contribution in [2.45, 2.75) is 13.8 Å². The van der Waals surface area contributed by atoms with E-state index in [9.17, 15) is 9.90 Å². The molecule has 23 heavy (non-hydrogen) atoms. The van der Waals surface area contributed by atoms with Crippen molar-refractivity contribution in [2.75, 3.05) is 6.61 Å². The van der Waals surface area contributed by atoms with Gasteiger partial charge in [0.15, 0.2) is 11.5 Å². The van der Waals surface area contributed by atoms with Crippen LogP contribution < -0.4 is 10.2 Å². The molecule has 2 aromatic rings. The SMILES string of the molecule is CCOc1cc(/C=N\NC(=O)c2ccc(C)nc2)cc(Br)c1O. The Morgan fingerprint density at radius 3 is 2.91 bits per heavy atom. The van der Waals surface area contributed by atoms with E-state index in [-0.39, 0.29) is 11.7 Å². The first kappa shape index (κ1) is 17.0. The largest absolute Gasteiger partial charge is 0.503 e. The molecule has 120 valence electrons. The first-order chi connectivity index (χ1) is 11.0. The number of carbonyl (C=O) groups excluding carboxylic acids is 1. The number of nitrogens with zero attached hydrogens (tertiary/aromatic N) is 2. The molecule has 0 spiro atoms. The van der Waals surface area contributed by atoms with Crippen molar-refractivity contribution in [3.8, 4) is 11.5 Å². The molecule has 7 heteroatoms. The first-order valence-electron chi connectivity index (χ1n) is 6.92. The number of pyridine rings is 1. The molecule has 0 bridgehead atoms. The molecule has 6 nitrogen and oxygen atoms in total. The van der Waals surface area contributed by atoms with Crippen LogP contribution in [0.5, 0.6) is 11.5 Å². The van der Waals surface area contributed by atoms with Gasteiger partial charge in [-0.2, -0.15) is 5.10 Å². The van der Waals surface area contributed by atoms with Crippen molar-refractivity contribution >= 4 is 28.1 Å². The van der Waals surface area contributed by atoms with Crippen LogP contribution in [-0.2, 0) is 0 Å². The summed E-state index contributed by atoms with van der Waals surface area (Å²) < 4.78 is 5.81. The average Bonchev–Trinajstić information content (AvgIpc) is 2.53. The zero-order valence-electron chi connectivity index (χ0n) is 12.7. The zero-order valence-corrected chi connectivity index (χ0v) is 14.3. The van der Waals surface area contributed by atoms with Crippen LogP contribution >= 0.6 is 15.9 Å². The molecule has 0 unspecified atom stereocenters. The van der Waals surface area contributed by atoms with Crippen LogP contribution in [0.2, 0.25) is 0 Å². The van der Waals surface area contributed by atoms with E-state index in [0.717, 1.165) is 5.69 Å². The average molecular weight is 378 g/mol. The number of rotatable bonds is 5. The molecule has 0 radical (unpaired) electrons. The van der Waals surface area contributed by atoms with Gasteiger partial charge in [0.05, 0.1) is 22.9 Å². The number of phenolic OH excluding ortho intramolecular Hbond substituents is 1. The van der Waals surface area contributed by atoms with Crippen molar-refractivity contribution in [3.63, 3.8) is 0 Å². The lowest BCUT2D eigenvalue weighted by Crippen LogP contribution is -2.17. The second kappa shape index (κ2) is 7.73. The van der Waals surface area contributed by atoms with Gasteiger partial charge in [-0.1, -0.05) is 0 Å². The summed E-state index contributed by atoms with van der Waals surface area (Å²) in [5.74, 6) is 0.0211. The van der Waals surface area contributed by atoms with Gasteiger partial charge in [0.1, 0.15) is 0 Å². The van der Waals surface area contributed by atoms with Crippen LogP contribution in [0.3, 0.4) is 0 Å². The monoisotopic (exact) mass is 377 g/mol.